The van der Waals surface area contributed by atoms with Gasteiger partial charge in [0, 0.05) is 24.5 Å². The molecule has 122 valence electrons. The van der Waals surface area contributed by atoms with Gasteiger partial charge in [0.25, 0.3) is 0 Å². The number of rotatable bonds is 5. The average Bonchev–Trinajstić information content (AvgIpc) is 2.64. The summed E-state index contributed by atoms with van der Waals surface area (Å²) in [5.41, 5.74) is 3.81. The first kappa shape index (κ1) is 16.0. The lowest BCUT2D eigenvalue weighted by atomic mass is 10.1. The molecule has 0 saturated carbocycles. The predicted octanol–water partition coefficient (Wildman–Crippen LogP) is 4.20. The Bertz CT molecular complexity index is 852. The number of hydrogen-bond donors (Lipinski definition) is 0. The molecule has 1 heterocycles. The number of nitrogens with zero attached hydrogens (tertiary/aromatic N) is 3. The standard InChI is InChI=1S/C20H21N3O/c1-3-13-23-15-17(16-9-11-19(24-2)12-10-16)14-21-20(23)22-18-7-5-4-6-8-18/h4-12,14-15H,3,13H2,1-2H3. The van der Waals surface area contributed by atoms with Gasteiger partial charge in [0.2, 0.25) is 5.62 Å². The number of methoxy groups -OCH3 is 1. The molecule has 2 aromatic carbocycles. The second-order valence-corrected chi connectivity index (χ2v) is 5.51. The van der Waals surface area contributed by atoms with Crippen LogP contribution >= 0.6 is 0 Å². The van der Waals surface area contributed by atoms with E-state index >= 15 is 0 Å². The van der Waals surface area contributed by atoms with Crippen molar-refractivity contribution in [3.8, 4) is 16.9 Å². The highest BCUT2D eigenvalue weighted by Crippen LogP contribution is 2.21. The van der Waals surface area contributed by atoms with Crippen LogP contribution in [0.1, 0.15) is 13.3 Å². The van der Waals surface area contributed by atoms with E-state index < -0.39 is 0 Å². The monoisotopic (exact) mass is 319 g/mol. The Balaban J connectivity index is 2.02. The number of ether oxygens (including phenoxy) is 1. The van der Waals surface area contributed by atoms with E-state index in [-0.39, 0.29) is 0 Å². The number of aryl methyl sites for hydroxylation is 1. The van der Waals surface area contributed by atoms with Crippen LogP contribution < -0.4 is 10.4 Å². The lowest BCUT2D eigenvalue weighted by Gasteiger charge is -2.09. The minimum absolute atomic E-state index is 0.723. The molecule has 1 aromatic heterocycles. The topological polar surface area (TPSA) is 39.4 Å². The van der Waals surface area contributed by atoms with Crippen LogP contribution in [0, 0.1) is 0 Å². The molecule has 0 atom stereocenters. The van der Waals surface area contributed by atoms with E-state index in [2.05, 4.69) is 27.7 Å². The van der Waals surface area contributed by atoms with Gasteiger partial charge >= 0.3 is 0 Å². The second-order valence-electron chi connectivity index (χ2n) is 5.51. The lowest BCUT2D eigenvalue weighted by Crippen LogP contribution is -2.23. The molecule has 0 saturated heterocycles. The van der Waals surface area contributed by atoms with Crippen molar-refractivity contribution >= 4 is 5.69 Å². The molecule has 0 N–H and O–H groups in total. The largest absolute Gasteiger partial charge is 0.497 e. The van der Waals surface area contributed by atoms with Crippen molar-refractivity contribution in [2.45, 2.75) is 19.9 Å². The van der Waals surface area contributed by atoms with Crippen LogP contribution in [0.25, 0.3) is 11.1 Å². The average molecular weight is 319 g/mol. The van der Waals surface area contributed by atoms with Gasteiger partial charge in [-0.25, -0.2) is 9.98 Å². The van der Waals surface area contributed by atoms with Crippen LogP contribution in [-0.4, -0.2) is 16.7 Å². The summed E-state index contributed by atoms with van der Waals surface area (Å²) < 4.78 is 7.32. The maximum Gasteiger partial charge on any atom is 0.229 e. The van der Waals surface area contributed by atoms with E-state index in [1.54, 1.807) is 7.11 Å². The molecule has 4 nitrogen and oxygen atoms in total. The molecule has 0 aliphatic carbocycles. The Morgan fingerprint density at radius 2 is 1.75 bits per heavy atom. The van der Waals surface area contributed by atoms with Gasteiger partial charge in [0.1, 0.15) is 5.75 Å². The maximum atomic E-state index is 5.22. The molecule has 3 rings (SSSR count). The highest BCUT2D eigenvalue weighted by Gasteiger charge is 2.02. The van der Waals surface area contributed by atoms with Crippen molar-refractivity contribution in [1.29, 1.82) is 0 Å². The van der Waals surface area contributed by atoms with Crippen molar-refractivity contribution in [2.75, 3.05) is 7.11 Å². The number of hydrogen-bond acceptors (Lipinski definition) is 3. The van der Waals surface area contributed by atoms with Crippen LogP contribution in [0.5, 0.6) is 5.75 Å². The van der Waals surface area contributed by atoms with Crippen molar-refractivity contribution in [2.24, 2.45) is 4.99 Å². The van der Waals surface area contributed by atoms with Gasteiger partial charge in [-0.2, -0.15) is 0 Å². The fourth-order valence-electron chi connectivity index (χ4n) is 2.51. The molecule has 0 unspecified atom stereocenters. The molecule has 0 aliphatic rings. The maximum absolute atomic E-state index is 5.22. The Kier molecular flexibility index (Phi) is 5.06. The fraction of sp³-hybridized carbons (Fsp3) is 0.200. The van der Waals surface area contributed by atoms with E-state index in [9.17, 15) is 0 Å². The minimum Gasteiger partial charge on any atom is -0.497 e. The first-order valence-corrected chi connectivity index (χ1v) is 8.11. The van der Waals surface area contributed by atoms with E-state index in [4.69, 9.17) is 4.74 Å². The molecule has 0 spiro atoms. The zero-order valence-corrected chi connectivity index (χ0v) is 14.0. The Morgan fingerprint density at radius 3 is 2.42 bits per heavy atom. The SMILES string of the molecule is CCCn1cc(-c2ccc(OC)cc2)cnc1=Nc1ccccc1. The van der Waals surface area contributed by atoms with Gasteiger partial charge in [0.05, 0.1) is 12.8 Å². The van der Waals surface area contributed by atoms with Crippen molar-refractivity contribution in [1.82, 2.24) is 9.55 Å². The molecule has 0 fully saturated rings. The van der Waals surface area contributed by atoms with Gasteiger partial charge in [-0.15, -0.1) is 0 Å². The molecule has 4 heteroatoms. The third-order valence-corrected chi connectivity index (χ3v) is 3.74. The zero-order valence-electron chi connectivity index (χ0n) is 14.0. The first-order chi connectivity index (χ1) is 11.8. The quantitative estimate of drug-likeness (QED) is 0.707. The summed E-state index contributed by atoms with van der Waals surface area (Å²) in [6.07, 6.45) is 5.01. The third-order valence-electron chi connectivity index (χ3n) is 3.74. The third kappa shape index (κ3) is 3.71. The van der Waals surface area contributed by atoms with E-state index in [0.717, 1.165) is 41.1 Å². The molecule has 0 bridgehead atoms. The van der Waals surface area contributed by atoms with Crippen LogP contribution in [0.15, 0.2) is 72.0 Å². The molecule has 0 amide bonds. The molecule has 0 radical (unpaired) electrons. The number of aromatic nitrogens is 2. The Morgan fingerprint density at radius 1 is 1.00 bits per heavy atom. The predicted molar refractivity (Wildman–Crippen MR) is 96.2 cm³/mol. The first-order valence-electron chi connectivity index (χ1n) is 8.11. The van der Waals surface area contributed by atoms with E-state index in [1.807, 2.05) is 60.8 Å². The Labute approximate surface area is 142 Å². The highest BCUT2D eigenvalue weighted by atomic mass is 16.5. The van der Waals surface area contributed by atoms with Gasteiger partial charge < -0.3 is 9.30 Å². The minimum atomic E-state index is 0.723. The van der Waals surface area contributed by atoms with E-state index in [1.165, 1.54) is 0 Å². The number of para-hydroxylation sites is 1. The summed E-state index contributed by atoms with van der Waals surface area (Å²) >= 11 is 0. The Hall–Kier alpha value is -2.88. The second kappa shape index (κ2) is 7.59. The van der Waals surface area contributed by atoms with Crippen molar-refractivity contribution in [3.63, 3.8) is 0 Å². The fourth-order valence-corrected chi connectivity index (χ4v) is 2.51. The molecule has 24 heavy (non-hydrogen) atoms. The van der Waals surface area contributed by atoms with Crippen LogP contribution in [0.2, 0.25) is 0 Å². The lowest BCUT2D eigenvalue weighted by molar-refractivity contribution is 0.415. The molecule has 3 aromatic rings. The zero-order chi connectivity index (χ0) is 16.8. The molecular weight excluding hydrogens is 298 g/mol. The summed E-state index contributed by atoms with van der Waals surface area (Å²) in [6.45, 7) is 3.03. The normalized spacial score (nSPS) is 11.5. The van der Waals surface area contributed by atoms with Crippen LogP contribution in [0.4, 0.5) is 5.69 Å². The van der Waals surface area contributed by atoms with Crippen molar-refractivity contribution < 1.29 is 4.74 Å². The van der Waals surface area contributed by atoms with Gasteiger partial charge in [-0.1, -0.05) is 37.3 Å². The van der Waals surface area contributed by atoms with E-state index in [0.29, 0.717) is 0 Å². The number of benzene rings is 2. The summed E-state index contributed by atoms with van der Waals surface area (Å²) in [7, 11) is 1.67. The summed E-state index contributed by atoms with van der Waals surface area (Å²) in [5.74, 6) is 0.851. The van der Waals surface area contributed by atoms with Crippen LogP contribution in [0.3, 0.4) is 0 Å². The van der Waals surface area contributed by atoms with Gasteiger partial charge in [-0.3, -0.25) is 0 Å². The summed E-state index contributed by atoms with van der Waals surface area (Å²) in [6, 6.07) is 17.9. The molecular formula is C20H21N3O. The smallest absolute Gasteiger partial charge is 0.229 e. The van der Waals surface area contributed by atoms with Gasteiger partial charge in [0.15, 0.2) is 0 Å². The highest BCUT2D eigenvalue weighted by molar-refractivity contribution is 5.62. The van der Waals surface area contributed by atoms with Crippen molar-refractivity contribution in [3.05, 3.63) is 72.6 Å². The summed E-state index contributed by atoms with van der Waals surface area (Å²) in [4.78, 5) is 9.23. The van der Waals surface area contributed by atoms with Crippen LogP contribution in [-0.2, 0) is 6.54 Å². The summed E-state index contributed by atoms with van der Waals surface area (Å²) in [5, 5.41) is 0. The van der Waals surface area contributed by atoms with Gasteiger partial charge in [-0.05, 0) is 36.2 Å². The molecule has 0 aliphatic heterocycles.